The number of rotatable bonds is 2. The molecule has 5 nitrogen and oxygen atoms in total. The van der Waals surface area contributed by atoms with Crippen LogP contribution in [0.1, 0.15) is 11.4 Å². The Morgan fingerprint density at radius 1 is 1.26 bits per heavy atom. The summed E-state index contributed by atoms with van der Waals surface area (Å²) in [5.74, 6) is 0.746. The lowest BCUT2D eigenvalue weighted by Gasteiger charge is -1.96. The van der Waals surface area contributed by atoms with Gasteiger partial charge in [-0.15, -0.1) is 0 Å². The second-order valence-corrected chi connectivity index (χ2v) is 4.75. The molecule has 1 aromatic carbocycles. The molecule has 0 atom stereocenters. The van der Waals surface area contributed by atoms with Crippen LogP contribution in [-0.2, 0) is 13.5 Å². The summed E-state index contributed by atoms with van der Waals surface area (Å²) in [5, 5.41) is 0. The van der Waals surface area contributed by atoms with Gasteiger partial charge in [-0.25, -0.2) is 4.98 Å². The minimum Gasteiger partial charge on any atom is -0.336 e. The predicted molar refractivity (Wildman–Crippen MR) is 75.8 cm³/mol. The molecule has 6 heteroatoms. The van der Waals surface area contributed by atoms with Crippen LogP contribution in [0.3, 0.4) is 0 Å². The number of aromatic nitrogens is 4. The third-order valence-electron chi connectivity index (χ3n) is 3.02. The van der Waals surface area contributed by atoms with E-state index in [1.807, 2.05) is 30.3 Å². The summed E-state index contributed by atoms with van der Waals surface area (Å²) >= 11 is 5.06. The maximum atomic E-state index is 12.0. The summed E-state index contributed by atoms with van der Waals surface area (Å²) in [6.07, 6.45) is 0.652. The molecule has 2 aromatic heterocycles. The molecule has 0 spiro atoms. The Hall–Kier alpha value is -2.21. The Morgan fingerprint density at radius 2 is 2.00 bits per heavy atom. The molecule has 0 amide bonds. The first kappa shape index (κ1) is 11.9. The lowest BCUT2D eigenvalue weighted by Crippen LogP contribution is -2.18. The molecule has 0 aliphatic heterocycles. The van der Waals surface area contributed by atoms with Crippen LogP contribution < -0.4 is 5.56 Å². The molecule has 0 saturated carbocycles. The normalized spacial score (nSPS) is 11.0. The van der Waals surface area contributed by atoms with E-state index in [-0.39, 0.29) is 5.56 Å². The average Bonchev–Trinajstić information content (AvgIpc) is 2.80. The van der Waals surface area contributed by atoms with Crippen LogP contribution in [0.15, 0.2) is 35.1 Å². The van der Waals surface area contributed by atoms with Gasteiger partial charge in [0.2, 0.25) is 0 Å². The second kappa shape index (κ2) is 4.47. The number of H-pyrrole nitrogens is 2. The molecule has 96 valence electrons. The van der Waals surface area contributed by atoms with E-state index >= 15 is 0 Å². The highest BCUT2D eigenvalue weighted by Crippen LogP contribution is 2.09. The highest BCUT2D eigenvalue weighted by molar-refractivity contribution is 7.71. The lowest BCUT2D eigenvalue weighted by atomic mass is 10.1. The van der Waals surface area contributed by atoms with Crippen LogP contribution >= 0.6 is 12.2 Å². The van der Waals surface area contributed by atoms with Crippen LogP contribution in [0, 0.1) is 4.77 Å². The molecule has 0 aliphatic rings. The van der Waals surface area contributed by atoms with Crippen molar-refractivity contribution < 1.29 is 0 Å². The summed E-state index contributed by atoms with van der Waals surface area (Å²) in [7, 11) is 1.64. The van der Waals surface area contributed by atoms with Crippen molar-refractivity contribution in [3.05, 3.63) is 56.8 Å². The molecule has 2 heterocycles. The summed E-state index contributed by atoms with van der Waals surface area (Å²) in [4.78, 5) is 22.4. The Balaban J connectivity index is 2.10. The Bertz CT molecular complexity index is 844. The van der Waals surface area contributed by atoms with Crippen molar-refractivity contribution in [2.24, 2.45) is 7.05 Å². The summed E-state index contributed by atoms with van der Waals surface area (Å²) in [6.45, 7) is 0. The van der Waals surface area contributed by atoms with Gasteiger partial charge in [-0.05, 0) is 17.8 Å². The topological polar surface area (TPSA) is 66.5 Å². The molecule has 19 heavy (non-hydrogen) atoms. The van der Waals surface area contributed by atoms with Crippen molar-refractivity contribution in [1.29, 1.82) is 0 Å². The quantitative estimate of drug-likeness (QED) is 0.700. The summed E-state index contributed by atoms with van der Waals surface area (Å²) < 4.78 is 1.76. The van der Waals surface area contributed by atoms with E-state index < -0.39 is 0 Å². The maximum absolute atomic E-state index is 12.0. The molecule has 0 bridgehead atoms. The number of benzene rings is 1. The molecule has 0 unspecified atom stereocenters. The third-order valence-corrected chi connectivity index (χ3v) is 3.39. The molecular weight excluding hydrogens is 260 g/mol. The number of fused-ring (bicyclic) bond motifs is 1. The fraction of sp³-hybridized carbons (Fsp3) is 0.154. The zero-order valence-electron chi connectivity index (χ0n) is 10.3. The molecule has 3 rings (SSSR count). The first-order chi connectivity index (χ1) is 9.15. The second-order valence-electron chi connectivity index (χ2n) is 4.36. The van der Waals surface area contributed by atoms with E-state index in [1.165, 1.54) is 4.57 Å². The van der Waals surface area contributed by atoms with Crippen molar-refractivity contribution >= 4 is 23.4 Å². The molecule has 0 radical (unpaired) electrons. The lowest BCUT2D eigenvalue weighted by molar-refractivity contribution is 0.821. The smallest absolute Gasteiger partial charge is 0.280 e. The highest BCUT2D eigenvalue weighted by atomic mass is 32.1. The zero-order valence-corrected chi connectivity index (χ0v) is 11.1. The van der Waals surface area contributed by atoms with Gasteiger partial charge in [0.25, 0.3) is 5.56 Å². The van der Waals surface area contributed by atoms with E-state index in [9.17, 15) is 4.79 Å². The van der Waals surface area contributed by atoms with Gasteiger partial charge < -0.3 is 9.97 Å². The SMILES string of the molecule is Cn1c(=S)[nH]c2nc(Cc3ccccc3)[nH]c2c1=O. The molecule has 0 saturated heterocycles. The number of nitrogens with zero attached hydrogens (tertiary/aromatic N) is 2. The zero-order chi connectivity index (χ0) is 13.4. The number of hydrogen-bond acceptors (Lipinski definition) is 3. The molecule has 0 aliphatic carbocycles. The van der Waals surface area contributed by atoms with Crippen LogP contribution in [0.2, 0.25) is 0 Å². The van der Waals surface area contributed by atoms with Crippen molar-refractivity contribution in [2.75, 3.05) is 0 Å². The molecule has 3 aromatic rings. The standard InChI is InChI=1S/C13H12N4OS/c1-17-12(18)10-11(16-13(17)19)15-9(14-10)7-8-5-3-2-4-6-8/h2-6H,7H2,1H3,(H,14,15)(H,16,19). The van der Waals surface area contributed by atoms with Gasteiger partial charge in [0.1, 0.15) is 11.3 Å². The Labute approximate surface area is 113 Å². The van der Waals surface area contributed by atoms with Gasteiger partial charge in [-0.2, -0.15) is 0 Å². The van der Waals surface area contributed by atoms with E-state index in [2.05, 4.69) is 15.0 Å². The minimum atomic E-state index is -0.162. The van der Waals surface area contributed by atoms with Gasteiger partial charge >= 0.3 is 0 Å². The fourth-order valence-corrected chi connectivity index (χ4v) is 2.17. The predicted octanol–water partition coefficient (Wildman–Crippen LogP) is 1.91. The average molecular weight is 272 g/mol. The van der Waals surface area contributed by atoms with Gasteiger partial charge in [-0.1, -0.05) is 30.3 Å². The summed E-state index contributed by atoms with van der Waals surface area (Å²) in [5.41, 5.74) is 1.95. The van der Waals surface area contributed by atoms with Crippen LogP contribution in [0.25, 0.3) is 11.2 Å². The van der Waals surface area contributed by atoms with Gasteiger partial charge in [-0.3, -0.25) is 9.36 Å². The number of hydrogen-bond donors (Lipinski definition) is 2. The number of nitrogens with one attached hydrogen (secondary N) is 2. The van der Waals surface area contributed by atoms with Crippen molar-refractivity contribution in [3.63, 3.8) is 0 Å². The van der Waals surface area contributed by atoms with Crippen LogP contribution in [0.5, 0.6) is 0 Å². The van der Waals surface area contributed by atoms with Crippen LogP contribution in [-0.4, -0.2) is 19.5 Å². The molecule has 0 fully saturated rings. The van der Waals surface area contributed by atoms with E-state index in [0.717, 1.165) is 11.4 Å². The third kappa shape index (κ3) is 2.10. The van der Waals surface area contributed by atoms with Crippen molar-refractivity contribution in [3.8, 4) is 0 Å². The van der Waals surface area contributed by atoms with Gasteiger partial charge in [0.15, 0.2) is 10.4 Å². The Morgan fingerprint density at radius 3 is 2.74 bits per heavy atom. The minimum absolute atomic E-state index is 0.162. The first-order valence-electron chi connectivity index (χ1n) is 5.87. The van der Waals surface area contributed by atoms with E-state index in [4.69, 9.17) is 12.2 Å². The number of imidazole rings is 1. The first-order valence-corrected chi connectivity index (χ1v) is 6.28. The van der Waals surface area contributed by atoms with Crippen molar-refractivity contribution in [2.45, 2.75) is 6.42 Å². The van der Waals surface area contributed by atoms with Gasteiger partial charge in [0.05, 0.1) is 0 Å². The fourth-order valence-electron chi connectivity index (χ4n) is 1.99. The number of aromatic amines is 2. The van der Waals surface area contributed by atoms with E-state index in [0.29, 0.717) is 22.4 Å². The molecule has 2 N–H and O–H groups in total. The highest BCUT2D eigenvalue weighted by Gasteiger charge is 2.09. The van der Waals surface area contributed by atoms with Crippen molar-refractivity contribution in [1.82, 2.24) is 19.5 Å². The van der Waals surface area contributed by atoms with Crippen LogP contribution in [0.4, 0.5) is 0 Å². The van der Waals surface area contributed by atoms with E-state index in [1.54, 1.807) is 7.05 Å². The largest absolute Gasteiger partial charge is 0.336 e. The Kier molecular flexibility index (Phi) is 2.79. The summed E-state index contributed by atoms with van der Waals surface area (Å²) in [6, 6.07) is 9.96. The monoisotopic (exact) mass is 272 g/mol. The molecular formula is C13H12N4OS. The van der Waals surface area contributed by atoms with Gasteiger partial charge in [0, 0.05) is 13.5 Å². The maximum Gasteiger partial charge on any atom is 0.280 e.